The lowest BCUT2D eigenvalue weighted by Crippen LogP contribution is -2.39. The maximum atomic E-state index is 7.19. The highest BCUT2D eigenvalue weighted by molar-refractivity contribution is 6.22. The molecular weight excluding hydrogens is 324 g/mol. The van der Waals surface area contributed by atoms with Crippen LogP contribution in [0, 0.1) is 0 Å². The number of unbranched alkanes of at least 4 members (excludes halogenated alkanes) is 1. The maximum absolute atomic E-state index is 7.19. The van der Waals surface area contributed by atoms with Gasteiger partial charge in [0.2, 0.25) is 0 Å². The molecule has 0 spiro atoms. The molecule has 0 aliphatic heterocycles. The van der Waals surface area contributed by atoms with Crippen molar-refractivity contribution in [3.63, 3.8) is 0 Å². The summed E-state index contributed by atoms with van der Waals surface area (Å²) < 4.78 is 0. The average Bonchev–Trinajstić information content (AvgIpc) is 2.69. The molecule has 128 valence electrons. The van der Waals surface area contributed by atoms with Gasteiger partial charge in [-0.15, -0.1) is 11.6 Å². The summed E-state index contributed by atoms with van der Waals surface area (Å²) in [6, 6.07) is 32.1. The van der Waals surface area contributed by atoms with Gasteiger partial charge in [0.05, 0.1) is 10.8 Å². The number of hydrogen-bond donors (Lipinski definition) is 0. The minimum Gasteiger partial charge on any atom is -0.121 e. The van der Waals surface area contributed by atoms with Gasteiger partial charge in [0.15, 0.2) is 0 Å². The third-order valence-electron chi connectivity index (χ3n) is 4.97. The first-order valence-electron chi connectivity index (χ1n) is 9.10. The Balaban J connectivity index is 2.28. The summed E-state index contributed by atoms with van der Waals surface area (Å²) in [5.41, 5.74) is 3.41. The summed E-state index contributed by atoms with van der Waals surface area (Å²) >= 11 is 7.19. The van der Waals surface area contributed by atoms with Crippen LogP contribution in [0.1, 0.15) is 42.9 Å². The van der Waals surface area contributed by atoms with E-state index in [1.807, 2.05) is 0 Å². The van der Waals surface area contributed by atoms with Crippen LogP contribution in [0.2, 0.25) is 0 Å². The van der Waals surface area contributed by atoms with Crippen molar-refractivity contribution in [1.82, 2.24) is 0 Å². The van der Waals surface area contributed by atoms with Crippen LogP contribution >= 0.6 is 11.6 Å². The van der Waals surface area contributed by atoms with E-state index in [0.29, 0.717) is 0 Å². The second-order valence-electron chi connectivity index (χ2n) is 6.52. The minimum absolute atomic E-state index is 0.0142. The lowest BCUT2D eigenvalue weighted by Gasteiger charge is -2.40. The van der Waals surface area contributed by atoms with Gasteiger partial charge in [0.1, 0.15) is 0 Å². The van der Waals surface area contributed by atoms with Crippen LogP contribution in [0.15, 0.2) is 91.0 Å². The normalized spacial score (nSPS) is 12.7. The molecule has 0 aromatic heterocycles. The molecule has 0 saturated carbocycles. The first-order chi connectivity index (χ1) is 12.3. The largest absolute Gasteiger partial charge is 0.121 e. The molecule has 1 unspecified atom stereocenters. The van der Waals surface area contributed by atoms with Crippen LogP contribution in [0.3, 0.4) is 0 Å². The molecule has 0 aliphatic rings. The standard InChI is InChI=1S/C24H25Cl/c1-2-3-19-23(25)24(20-13-7-4-8-14-20,21-15-9-5-10-16-21)22-17-11-6-12-18-22/h4-18,23H,2-3,19H2,1H3. The monoisotopic (exact) mass is 348 g/mol. The van der Waals surface area contributed by atoms with Crippen molar-refractivity contribution >= 4 is 11.6 Å². The molecule has 0 saturated heterocycles. The third kappa shape index (κ3) is 3.50. The van der Waals surface area contributed by atoms with E-state index in [1.165, 1.54) is 16.7 Å². The van der Waals surface area contributed by atoms with Crippen LogP contribution in [-0.4, -0.2) is 5.38 Å². The van der Waals surface area contributed by atoms with E-state index in [9.17, 15) is 0 Å². The fraction of sp³-hybridized carbons (Fsp3) is 0.250. The Morgan fingerprint density at radius 3 is 1.36 bits per heavy atom. The van der Waals surface area contributed by atoms with Crippen molar-refractivity contribution in [3.05, 3.63) is 108 Å². The predicted molar refractivity (Wildman–Crippen MR) is 108 cm³/mol. The van der Waals surface area contributed by atoms with Crippen molar-refractivity contribution in [2.24, 2.45) is 0 Å². The van der Waals surface area contributed by atoms with Crippen molar-refractivity contribution in [3.8, 4) is 0 Å². The van der Waals surface area contributed by atoms with Crippen molar-refractivity contribution in [2.75, 3.05) is 0 Å². The van der Waals surface area contributed by atoms with Crippen molar-refractivity contribution in [2.45, 2.75) is 37.0 Å². The summed E-state index contributed by atoms with van der Waals surface area (Å²) in [6.07, 6.45) is 3.26. The van der Waals surface area contributed by atoms with Gasteiger partial charge in [-0.2, -0.15) is 0 Å². The zero-order valence-electron chi connectivity index (χ0n) is 14.7. The average molecular weight is 349 g/mol. The highest BCUT2D eigenvalue weighted by atomic mass is 35.5. The molecule has 0 heterocycles. The van der Waals surface area contributed by atoms with Gasteiger partial charge < -0.3 is 0 Å². The molecule has 0 radical (unpaired) electrons. The summed E-state index contributed by atoms with van der Waals surface area (Å²) in [7, 11) is 0. The summed E-state index contributed by atoms with van der Waals surface area (Å²) in [5.74, 6) is 0. The molecule has 0 nitrogen and oxygen atoms in total. The number of hydrogen-bond acceptors (Lipinski definition) is 0. The van der Waals surface area contributed by atoms with Gasteiger partial charge in [-0.25, -0.2) is 0 Å². The van der Waals surface area contributed by atoms with Crippen LogP contribution in [-0.2, 0) is 5.41 Å². The van der Waals surface area contributed by atoms with E-state index in [0.717, 1.165) is 19.3 Å². The van der Waals surface area contributed by atoms with E-state index in [1.54, 1.807) is 0 Å². The molecule has 3 rings (SSSR count). The highest BCUT2D eigenvalue weighted by Gasteiger charge is 2.42. The Labute approximate surface area is 156 Å². The molecule has 0 N–H and O–H groups in total. The van der Waals surface area contributed by atoms with Crippen LogP contribution < -0.4 is 0 Å². The minimum atomic E-state index is -0.347. The predicted octanol–water partition coefficient (Wildman–Crippen LogP) is 6.82. The Bertz CT molecular complexity index is 653. The van der Waals surface area contributed by atoms with Crippen molar-refractivity contribution < 1.29 is 0 Å². The molecule has 3 aromatic carbocycles. The van der Waals surface area contributed by atoms with Gasteiger partial charge in [0, 0.05) is 0 Å². The lowest BCUT2D eigenvalue weighted by atomic mass is 9.66. The van der Waals surface area contributed by atoms with Gasteiger partial charge in [0.25, 0.3) is 0 Å². The topological polar surface area (TPSA) is 0 Å². The Morgan fingerprint density at radius 2 is 1.04 bits per heavy atom. The third-order valence-corrected chi connectivity index (χ3v) is 5.51. The zero-order chi connectivity index (χ0) is 17.5. The van der Waals surface area contributed by atoms with E-state index in [2.05, 4.69) is 97.9 Å². The fourth-order valence-corrected chi connectivity index (χ4v) is 4.28. The molecule has 1 heteroatoms. The van der Waals surface area contributed by atoms with Crippen LogP contribution in [0.4, 0.5) is 0 Å². The van der Waals surface area contributed by atoms with Crippen molar-refractivity contribution in [1.29, 1.82) is 0 Å². The number of alkyl halides is 1. The highest BCUT2D eigenvalue weighted by Crippen LogP contribution is 2.45. The molecule has 1 atom stereocenters. The zero-order valence-corrected chi connectivity index (χ0v) is 15.5. The molecule has 3 aromatic rings. The van der Waals surface area contributed by atoms with E-state index >= 15 is 0 Å². The second-order valence-corrected chi connectivity index (χ2v) is 7.04. The molecular formula is C24H25Cl. The summed E-state index contributed by atoms with van der Waals surface area (Å²) in [6.45, 7) is 2.22. The Kier molecular flexibility index (Phi) is 5.94. The SMILES string of the molecule is CCCCC(Cl)C(c1ccccc1)(c1ccccc1)c1ccccc1. The van der Waals surface area contributed by atoms with E-state index in [-0.39, 0.29) is 10.8 Å². The quantitative estimate of drug-likeness (QED) is 0.324. The Hall–Kier alpha value is -2.05. The second kappa shape index (κ2) is 8.36. The first-order valence-corrected chi connectivity index (χ1v) is 9.54. The van der Waals surface area contributed by atoms with Crippen LogP contribution in [0.5, 0.6) is 0 Å². The number of benzene rings is 3. The van der Waals surface area contributed by atoms with E-state index < -0.39 is 0 Å². The maximum Gasteiger partial charge on any atom is 0.0614 e. The van der Waals surface area contributed by atoms with Gasteiger partial charge in [-0.05, 0) is 23.1 Å². The smallest absolute Gasteiger partial charge is 0.0614 e. The lowest BCUT2D eigenvalue weighted by molar-refractivity contribution is 0.524. The number of rotatable bonds is 7. The van der Waals surface area contributed by atoms with Gasteiger partial charge >= 0.3 is 0 Å². The number of halogens is 1. The van der Waals surface area contributed by atoms with E-state index in [4.69, 9.17) is 11.6 Å². The molecule has 0 fully saturated rings. The fourth-order valence-electron chi connectivity index (χ4n) is 3.75. The summed E-state index contributed by atoms with van der Waals surface area (Å²) in [4.78, 5) is 0. The van der Waals surface area contributed by atoms with Gasteiger partial charge in [-0.3, -0.25) is 0 Å². The Morgan fingerprint density at radius 1 is 0.680 bits per heavy atom. The molecule has 0 aliphatic carbocycles. The van der Waals surface area contributed by atoms with Crippen LogP contribution in [0.25, 0.3) is 0 Å². The molecule has 25 heavy (non-hydrogen) atoms. The summed E-state index contributed by atoms with van der Waals surface area (Å²) in [5, 5.41) is -0.0142. The van der Waals surface area contributed by atoms with Gasteiger partial charge in [-0.1, -0.05) is 111 Å². The first kappa shape index (κ1) is 17.8. The molecule has 0 bridgehead atoms. The molecule has 0 amide bonds.